The summed E-state index contributed by atoms with van der Waals surface area (Å²) in [4.78, 5) is 5.48. The number of hydrogen-bond acceptors (Lipinski definition) is 3. The third-order valence-electron chi connectivity index (χ3n) is 1.94. The van der Waals surface area contributed by atoms with Crippen molar-refractivity contribution in [2.75, 3.05) is 0 Å². The number of halogens is 1. The summed E-state index contributed by atoms with van der Waals surface area (Å²) in [5, 5.41) is 7.08. The van der Waals surface area contributed by atoms with Crippen LogP contribution in [0.2, 0.25) is 0 Å². The van der Waals surface area contributed by atoms with Crippen molar-refractivity contribution in [2.45, 2.75) is 20.3 Å². The molecular formula is C9H10BrN3S. The smallest absolute Gasteiger partial charge is 0.191 e. The van der Waals surface area contributed by atoms with E-state index in [9.17, 15) is 0 Å². The maximum atomic E-state index is 4.38. The van der Waals surface area contributed by atoms with Gasteiger partial charge in [0.1, 0.15) is 5.82 Å². The number of hydrogen-bond donors (Lipinski definition) is 1. The molecule has 0 aromatic carbocycles. The number of aryl methyl sites for hydroxylation is 2. The number of aromatic nitrogens is 3. The molecule has 14 heavy (non-hydrogen) atoms. The van der Waals surface area contributed by atoms with E-state index in [2.05, 4.69) is 51.0 Å². The summed E-state index contributed by atoms with van der Waals surface area (Å²) in [5.74, 6) is 1.72. The fourth-order valence-electron chi connectivity index (χ4n) is 1.13. The monoisotopic (exact) mass is 271 g/mol. The zero-order chi connectivity index (χ0) is 10.1. The van der Waals surface area contributed by atoms with Crippen LogP contribution in [0, 0.1) is 6.92 Å². The molecule has 3 nitrogen and oxygen atoms in total. The number of rotatable bonds is 2. The Morgan fingerprint density at radius 1 is 1.57 bits per heavy atom. The standard InChI is InChI=1S/C9H10BrN3S/c1-3-7-11-9(13-12-7)6-4-5(2)8(10)14-6/h4H,3H2,1-2H3,(H,11,12,13). The average Bonchev–Trinajstić information content (AvgIpc) is 2.74. The molecule has 0 aliphatic rings. The lowest BCUT2D eigenvalue weighted by Crippen LogP contribution is -1.80. The number of nitrogens with one attached hydrogen (secondary N) is 1. The number of nitrogens with zero attached hydrogens (tertiary/aromatic N) is 2. The lowest BCUT2D eigenvalue weighted by molar-refractivity contribution is 0.946. The van der Waals surface area contributed by atoms with Gasteiger partial charge in [0.25, 0.3) is 0 Å². The van der Waals surface area contributed by atoms with Crippen molar-refractivity contribution < 1.29 is 0 Å². The summed E-state index contributed by atoms with van der Waals surface area (Å²) in [7, 11) is 0. The van der Waals surface area contributed by atoms with Crippen LogP contribution >= 0.6 is 27.3 Å². The second-order valence-electron chi connectivity index (χ2n) is 3.03. The van der Waals surface area contributed by atoms with Gasteiger partial charge in [-0.1, -0.05) is 6.92 Å². The van der Waals surface area contributed by atoms with Crippen LogP contribution in [0.25, 0.3) is 10.7 Å². The van der Waals surface area contributed by atoms with Crippen LogP contribution in [-0.2, 0) is 6.42 Å². The van der Waals surface area contributed by atoms with Gasteiger partial charge in [-0.3, -0.25) is 5.10 Å². The first-order valence-corrected chi connectivity index (χ1v) is 5.99. The van der Waals surface area contributed by atoms with Crippen LogP contribution in [0.15, 0.2) is 9.85 Å². The lowest BCUT2D eigenvalue weighted by atomic mass is 10.3. The second-order valence-corrected chi connectivity index (χ2v) is 5.40. The van der Waals surface area contributed by atoms with Gasteiger partial charge in [0.2, 0.25) is 0 Å². The van der Waals surface area contributed by atoms with E-state index in [1.807, 2.05) is 0 Å². The van der Waals surface area contributed by atoms with Crippen LogP contribution in [0.1, 0.15) is 18.3 Å². The van der Waals surface area contributed by atoms with Gasteiger partial charge in [-0.25, -0.2) is 4.98 Å². The third kappa shape index (κ3) is 1.74. The van der Waals surface area contributed by atoms with E-state index >= 15 is 0 Å². The molecule has 2 heterocycles. The predicted octanol–water partition coefficient (Wildman–Crippen LogP) is 3.17. The quantitative estimate of drug-likeness (QED) is 0.912. The van der Waals surface area contributed by atoms with Gasteiger partial charge in [0.05, 0.1) is 8.66 Å². The summed E-state index contributed by atoms with van der Waals surface area (Å²) in [6.07, 6.45) is 0.887. The predicted molar refractivity (Wildman–Crippen MR) is 61.5 cm³/mol. The van der Waals surface area contributed by atoms with Crippen molar-refractivity contribution in [3.05, 3.63) is 21.2 Å². The lowest BCUT2D eigenvalue weighted by Gasteiger charge is -1.84. The highest BCUT2D eigenvalue weighted by molar-refractivity contribution is 9.11. The summed E-state index contributed by atoms with van der Waals surface area (Å²) < 4.78 is 1.15. The summed E-state index contributed by atoms with van der Waals surface area (Å²) in [6.45, 7) is 4.12. The van der Waals surface area contributed by atoms with Gasteiger partial charge in [0.15, 0.2) is 5.82 Å². The van der Waals surface area contributed by atoms with E-state index < -0.39 is 0 Å². The molecule has 5 heteroatoms. The van der Waals surface area contributed by atoms with Gasteiger partial charge in [-0.05, 0) is 34.5 Å². The highest BCUT2D eigenvalue weighted by Gasteiger charge is 2.09. The molecule has 0 amide bonds. The molecule has 0 atom stereocenters. The van der Waals surface area contributed by atoms with Crippen LogP contribution < -0.4 is 0 Å². The number of aromatic amines is 1. The second kappa shape index (κ2) is 3.82. The number of H-pyrrole nitrogens is 1. The van der Waals surface area contributed by atoms with Crippen molar-refractivity contribution in [1.29, 1.82) is 0 Å². The Morgan fingerprint density at radius 2 is 2.36 bits per heavy atom. The summed E-state index contributed by atoms with van der Waals surface area (Å²) in [6, 6.07) is 2.09. The minimum atomic E-state index is 0.792. The molecule has 0 unspecified atom stereocenters. The van der Waals surface area contributed by atoms with Crippen LogP contribution in [0.5, 0.6) is 0 Å². The van der Waals surface area contributed by atoms with Crippen molar-refractivity contribution in [1.82, 2.24) is 15.2 Å². The molecule has 0 spiro atoms. The Bertz CT molecular complexity index is 427. The normalized spacial score (nSPS) is 10.8. The first kappa shape index (κ1) is 9.86. The molecule has 0 aliphatic heterocycles. The van der Waals surface area contributed by atoms with Crippen LogP contribution in [0.3, 0.4) is 0 Å². The minimum Gasteiger partial charge on any atom is -0.263 e. The van der Waals surface area contributed by atoms with E-state index in [0.29, 0.717) is 0 Å². The van der Waals surface area contributed by atoms with Crippen LogP contribution in [-0.4, -0.2) is 15.2 Å². The maximum Gasteiger partial charge on any atom is 0.191 e. The van der Waals surface area contributed by atoms with Crippen LogP contribution in [0.4, 0.5) is 0 Å². The van der Waals surface area contributed by atoms with E-state index in [1.165, 1.54) is 5.56 Å². The Morgan fingerprint density at radius 3 is 2.86 bits per heavy atom. The van der Waals surface area contributed by atoms with Gasteiger partial charge >= 0.3 is 0 Å². The van der Waals surface area contributed by atoms with Crippen molar-refractivity contribution >= 4 is 27.3 Å². The van der Waals surface area contributed by atoms with E-state index in [4.69, 9.17) is 0 Å². The zero-order valence-electron chi connectivity index (χ0n) is 7.97. The fraction of sp³-hybridized carbons (Fsp3) is 0.333. The molecule has 0 saturated heterocycles. The SMILES string of the molecule is CCc1nc(-c2cc(C)c(Br)s2)n[nH]1. The molecule has 1 N–H and O–H groups in total. The summed E-state index contributed by atoms with van der Waals surface area (Å²) in [5.41, 5.74) is 1.23. The third-order valence-corrected chi connectivity index (χ3v) is 4.08. The molecule has 2 rings (SSSR count). The Labute approximate surface area is 94.7 Å². The average molecular weight is 272 g/mol. The molecule has 0 radical (unpaired) electrons. The zero-order valence-corrected chi connectivity index (χ0v) is 10.4. The molecule has 0 saturated carbocycles. The topological polar surface area (TPSA) is 41.6 Å². The van der Waals surface area contributed by atoms with Crippen molar-refractivity contribution in [3.63, 3.8) is 0 Å². The van der Waals surface area contributed by atoms with E-state index in [0.717, 1.165) is 26.7 Å². The number of thiophene rings is 1. The highest BCUT2D eigenvalue weighted by atomic mass is 79.9. The Hall–Kier alpha value is -0.680. The molecule has 0 aliphatic carbocycles. The highest BCUT2D eigenvalue weighted by Crippen LogP contribution is 2.32. The van der Waals surface area contributed by atoms with Gasteiger partial charge < -0.3 is 0 Å². The maximum absolute atomic E-state index is 4.38. The van der Waals surface area contributed by atoms with E-state index in [1.54, 1.807) is 11.3 Å². The molecule has 2 aromatic heterocycles. The largest absolute Gasteiger partial charge is 0.263 e. The Kier molecular flexibility index (Phi) is 2.69. The minimum absolute atomic E-state index is 0.792. The Balaban J connectivity index is 2.39. The molecule has 0 bridgehead atoms. The molecular weight excluding hydrogens is 262 g/mol. The van der Waals surface area contributed by atoms with Gasteiger partial charge in [-0.2, -0.15) is 5.10 Å². The van der Waals surface area contributed by atoms with Crippen molar-refractivity contribution in [3.8, 4) is 10.7 Å². The summed E-state index contributed by atoms with van der Waals surface area (Å²) >= 11 is 5.15. The van der Waals surface area contributed by atoms with Crippen molar-refractivity contribution in [2.24, 2.45) is 0 Å². The molecule has 74 valence electrons. The molecule has 2 aromatic rings. The van der Waals surface area contributed by atoms with E-state index in [-0.39, 0.29) is 0 Å². The first-order valence-electron chi connectivity index (χ1n) is 4.38. The fourth-order valence-corrected chi connectivity index (χ4v) is 2.60. The first-order chi connectivity index (χ1) is 6.70. The molecule has 0 fully saturated rings. The van der Waals surface area contributed by atoms with Gasteiger partial charge in [0, 0.05) is 6.42 Å². The van der Waals surface area contributed by atoms with Gasteiger partial charge in [-0.15, -0.1) is 11.3 Å².